The molecule has 10 rings (SSSR count). The number of aryl methyl sites for hydroxylation is 4. The summed E-state index contributed by atoms with van der Waals surface area (Å²) < 4.78 is 5.96. The van der Waals surface area contributed by atoms with E-state index in [1.165, 1.54) is 163 Å². The summed E-state index contributed by atoms with van der Waals surface area (Å²) in [6.07, 6.45) is 28.5. The van der Waals surface area contributed by atoms with Gasteiger partial charge in [0, 0.05) is 62.5 Å². The molecule has 8 heterocycles. The van der Waals surface area contributed by atoms with Crippen LogP contribution in [0.5, 0.6) is 0 Å². The van der Waals surface area contributed by atoms with Gasteiger partial charge >= 0.3 is 0 Å². The van der Waals surface area contributed by atoms with Crippen LogP contribution in [-0.4, -0.2) is 19.9 Å². The lowest BCUT2D eigenvalue weighted by atomic mass is 9.93. The molecular weight excluding hydrogens is 953 g/mol. The summed E-state index contributed by atoms with van der Waals surface area (Å²) in [5.41, 5.74) is 12.2. The van der Waals surface area contributed by atoms with E-state index in [2.05, 4.69) is 145 Å². The van der Waals surface area contributed by atoms with Gasteiger partial charge in [-0.25, -0.2) is 9.97 Å². The molecule has 0 aliphatic carbocycles. The predicted octanol–water partition coefficient (Wildman–Crippen LogP) is 21.0. The highest BCUT2D eigenvalue weighted by Gasteiger charge is 2.25. The Balaban J connectivity index is 1.16. The van der Waals surface area contributed by atoms with Crippen LogP contribution in [0.25, 0.3) is 94.0 Å². The third kappa shape index (κ3) is 11.0. The molecule has 0 unspecified atom stereocenters. The lowest BCUT2D eigenvalue weighted by Gasteiger charge is -2.14. The fraction of sp³-hybridized carbons (Fsp3) is 0.375. The number of unbranched alkanes of at least 4 members (excludes halogenated alkanes) is 12. The lowest BCUT2D eigenvalue weighted by molar-refractivity contribution is 0.654. The molecule has 4 nitrogen and oxygen atoms in total. The number of thiophene rings is 4. The van der Waals surface area contributed by atoms with Gasteiger partial charge in [0.1, 0.15) is 0 Å². The van der Waals surface area contributed by atoms with Crippen LogP contribution in [0.4, 0.5) is 0 Å². The minimum absolute atomic E-state index is 0.912. The molecule has 370 valence electrons. The van der Waals surface area contributed by atoms with E-state index in [0.29, 0.717) is 0 Å². The topological polar surface area (TPSA) is 51.6 Å². The van der Waals surface area contributed by atoms with Gasteiger partial charge in [0.25, 0.3) is 0 Å². The quantitative estimate of drug-likeness (QED) is 0.0535. The molecule has 0 amide bonds. The molecule has 0 aliphatic heterocycles. The second-order valence-electron chi connectivity index (χ2n) is 19.8. The SMILES string of the molecule is CCCCCCc1c(CCCCCC)c2sc(-c3cc4c(s3)c(CCCCCC)c(CCCCCC)c3sc(-c5cccc(-c6ccccn6)n5)cc34)cc2c2cc(-c3cccc(-c4ccccn4)n3)sc12. The van der Waals surface area contributed by atoms with E-state index in [9.17, 15) is 0 Å². The molecule has 0 radical (unpaired) electrons. The van der Waals surface area contributed by atoms with Gasteiger partial charge in [-0.2, -0.15) is 0 Å². The molecule has 0 bridgehead atoms. The molecule has 2 aromatic carbocycles. The summed E-state index contributed by atoms with van der Waals surface area (Å²) >= 11 is 8.08. The third-order valence-corrected chi connectivity index (χ3v) is 19.6. The number of pyridine rings is 4. The fourth-order valence-electron chi connectivity index (χ4n) is 10.7. The highest BCUT2D eigenvalue weighted by molar-refractivity contribution is 7.29. The van der Waals surface area contributed by atoms with Crippen molar-refractivity contribution in [3.8, 4) is 53.7 Å². The number of aromatic nitrogens is 4. The normalized spacial score (nSPS) is 11.9. The summed E-state index contributed by atoms with van der Waals surface area (Å²) in [6.45, 7) is 9.32. The zero-order valence-corrected chi connectivity index (χ0v) is 46.2. The fourth-order valence-corrected chi connectivity index (χ4v) is 15.8. The second kappa shape index (κ2) is 24.3. The molecule has 72 heavy (non-hydrogen) atoms. The van der Waals surface area contributed by atoms with Gasteiger partial charge in [-0.15, -0.1) is 45.3 Å². The van der Waals surface area contributed by atoms with E-state index < -0.39 is 0 Å². The van der Waals surface area contributed by atoms with Crippen molar-refractivity contribution >= 4 is 85.7 Å². The van der Waals surface area contributed by atoms with Crippen LogP contribution in [0.1, 0.15) is 153 Å². The molecule has 0 N–H and O–H groups in total. The van der Waals surface area contributed by atoms with Crippen LogP contribution < -0.4 is 0 Å². The molecule has 0 fully saturated rings. The molecule has 0 saturated heterocycles. The van der Waals surface area contributed by atoms with Crippen LogP contribution in [0.15, 0.2) is 109 Å². The average Bonchev–Trinajstić information content (AvgIpc) is 4.26. The standard InChI is InChI=1S/C64H70N4S4/c1-5-9-13-17-27-43-45(29-19-15-11-7-3)63-49(47-39-57(69-61(43)47)55-35-25-33-53(67-55)51-31-21-23-37-65-51)41-59(71-63)60-42-50-48-40-58(56-36-26-34-54(68-56)52-32-22-24-38-66-52)70-62(48)44(28-18-14-10-6-2)46(64(50)72-60)30-20-16-12-8-4/h21-26,31-42H,5-20,27-30H2,1-4H3. The van der Waals surface area contributed by atoms with E-state index in [-0.39, 0.29) is 0 Å². The monoisotopic (exact) mass is 1020 g/mol. The van der Waals surface area contributed by atoms with Crippen LogP contribution in [0.2, 0.25) is 0 Å². The Hall–Kier alpha value is -5.12. The summed E-state index contributed by atoms with van der Waals surface area (Å²) in [6, 6.07) is 35.2. The van der Waals surface area contributed by atoms with E-state index in [4.69, 9.17) is 9.97 Å². The number of nitrogens with zero attached hydrogens (tertiary/aromatic N) is 4. The summed E-state index contributed by atoms with van der Waals surface area (Å²) in [7, 11) is 0. The first-order chi connectivity index (χ1) is 35.6. The number of rotatable bonds is 25. The van der Waals surface area contributed by atoms with Crippen LogP contribution in [-0.2, 0) is 25.7 Å². The molecule has 8 heteroatoms. The first kappa shape index (κ1) is 50.4. The Labute approximate surface area is 444 Å². The Morgan fingerprint density at radius 2 is 0.611 bits per heavy atom. The van der Waals surface area contributed by atoms with Crippen molar-refractivity contribution in [2.24, 2.45) is 0 Å². The van der Waals surface area contributed by atoms with Crippen molar-refractivity contribution in [1.29, 1.82) is 0 Å². The molecule has 0 atom stereocenters. The second-order valence-corrected chi connectivity index (χ2v) is 24.0. The summed E-state index contributed by atoms with van der Waals surface area (Å²) in [5.74, 6) is 0. The van der Waals surface area contributed by atoms with Crippen LogP contribution in [0, 0.1) is 0 Å². The van der Waals surface area contributed by atoms with Crippen molar-refractivity contribution in [1.82, 2.24) is 19.9 Å². The molecule has 0 aliphatic rings. The minimum atomic E-state index is 0.912. The summed E-state index contributed by atoms with van der Waals surface area (Å²) in [5, 5.41) is 5.65. The maximum atomic E-state index is 5.26. The highest BCUT2D eigenvalue weighted by Crippen LogP contribution is 2.51. The van der Waals surface area contributed by atoms with Crippen LogP contribution in [0.3, 0.4) is 0 Å². The Morgan fingerprint density at radius 1 is 0.306 bits per heavy atom. The maximum absolute atomic E-state index is 5.26. The minimum Gasteiger partial charge on any atom is -0.255 e. The van der Waals surface area contributed by atoms with Crippen LogP contribution >= 0.6 is 45.3 Å². The zero-order valence-electron chi connectivity index (χ0n) is 43.0. The summed E-state index contributed by atoms with van der Waals surface area (Å²) in [4.78, 5) is 25.1. The van der Waals surface area contributed by atoms with E-state index in [0.717, 1.165) is 59.8 Å². The first-order valence-corrected chi connectivity index (χ1v) is 30.6. The smallest absolute Gasteiger partial charge is 0.0894 e. The largest absolute Gasteiger partial charge is 0.255 e. The lowest BCUT2D eigenvalue weighted by Crippen LogP contribution is -1.97. The predicted molar refractivity (Wildman–Crippen MR) is 318 cm³/mol. The van der Waals surface area contributed by atoms with E-state index in [1.807, 2.05) is 47.2 Å². The molecule has 0 spiro atoms. The van der Waals surface area contributed by atoms with Gasteiger partial charge in [-0.05, 0) is 146 Å². The van der Waals surface area contributed by atoms with Gasteiger partial charge in [0.15, 0.2) is 0 Å². The molecular formula is C64H70N4S4. The zero-order chi connectivity index (χ0) is 49.2. The maximum Gasteiger partial charge on any atom is 0.0894 e. The molecule has 10 aromatic rings. The van der Waals surface area contributed by atoms with Gasteiger partial charge < -0.3 is 0 Å². The van der Waals surface area contributed by atoms with Gasteiger partial charge in [-0.3, -0.25) is 9.97 Å². The van der Waals surface area contributed by atoms with Crippen molar-refractivity contribution in [3.63, 3.8) is 0 Å². The highest BCUT2D eigenvalue weighted by atomic mass is 32.1. The van der Waals surface area contributed by atoms with Gasteiger partial charge in [0.05, 0.1) is 43.9 Å². The van der Waals surface area contributed by atoms with Crippen molar-refractivity contribution in [2.45, 2.75) is 156 Å². The molecule has 8 aromatic heterocycles. The van der Waals surface area contributed by atoms with Crippen molar-refractivity contribution in [2.75, 3.05) is 0 Å². The van der Waals surface area contributed by atoms with Crippen molar-refractivity contribution in [3.05, 3.63) is 132 Å². The third-order valence-electron chi connectivity index (χ3n) is 14.6. The van der Waals surface area contributed by atoms with Crippen molar-refractivity contribution < 1.29 is 0 Å². The first-order valence-electron chi connectivity index (χ1n) is 27.4. The Morgan fingerprint density at radius 3 is 0.931 bits per heavy atom. The van der Waals surface area contributed by atoms with Gasteiger partial charge in [0.2, 0.25) is 0 Å². The number of benzene rings is 2. The van der Waals surface area contributed by atoms with E-state index in [1.54, 1.807) is 22.3 Å². The average molecular weight is 1020 g/mol. The number of hydrogen-bond donors (Lipinski definition) is 0. The molecule has 0 saturated carbocycles. The Bertz CT molecular complexity index is 3150. The number of hydrogen-bond acceptors (Lipinski definition) is 8. The van der Waals surface area contributed by atoms with Gasteiger partial charge in [-0.1, -0.05) is 129 Å². The Kier molecular flexibility index (Phi) is 17.0. The number of fused-ring (bicyclic) bond motifs is 6. The van der Waals surface area contributed by atoms with E-state index >= 15 is 0 Å².